The van der Waals surface area contributed by atoms with Crippen LogP contribution in [0.3, 0.4) is 0 Å². The van der Waals surface area contributed by atoms with E-state index in [4.69, 9.17) is 0 Å². The van der Waals surface area contributed by atoms with Crippen molar-refractivity contribution in [2.45, 2.75) is 6.92 Å². The number of rotatable bonds is 3. The van der Waals surface area contributed by atoms with Crippen LogP contribution in [-0.4, -0.2) is 42.6 Å². The molecule has 0 saturated heterocycles. The maximum atomic E-state index is 13.2. The van der Waals surface area contributed by atoms with Crippen LogP contribution < -0.4 is 4.90 Å². The van der Waals surface area contributed by atoms with Crippen molar-refractivity contribution in [2.75, 3.05) is 25.0 Å². The van der Waals surface area contributed by atoms with Crippen LogP contribution in [-0.2, 0) is 9.59 Å². The summed E-state index contributed by atoms with van der Waals surface area (Å²) < 4.78 is 13.2. The molecule has 1 aromatic carbocycles. The van der Waals surface area contributed by atoms with E-state index in [9.17, 15) is 18.8 Å². The number of likely N-dealkylation sites (N-methyl/N-ethyl adjacent to an activating group) is 1. The topological polar surface area (TPSA) is 57.7 Å². The quantitative estimate of drug-likeness (QED) is 0.760. The molecular weight excluding hydrogens is 251 g/mol. The first-order valence-electron chi connectivity index (χ1n) is 5.85. The first-order chi connectivity index (χ1) is 8.95. The summed E-state index contributed by atoms with van der Waals surface area (Å²) in [6.45, 7) is 2.03. The molecule has 0 N–H and O–H groups in total. The highest BCUT2D eigenvalue weighted by molar-refractivity contribution is 6.52. The van der Waals surface area contributed by atoms with Crippen LogP contribution in [0.2, 0.25) is 0 Å². The standard InChI is InChI=1S/C13H13FN2O3/c1-3-15(2)11(17)7-16-10-6-8(14)4-5-9(10)12(18)13(16)19/h4-6H,3,7H2,1-2H3. The minimum atomic E-state index is -0.793. The van der Waals surface area contributed by atoms with Gasteiger partial charge in [-0.25, -0.2) is 4.39 Å². The van der Waals surface area contributed by atoms with Gasteiger partial charge in [-0.3, -0.25) is 19.3 Å². The third-order valence-corrected chi connectivity index (χ3v) is 3.13. The number of halogens is 1. The molecular formula is C13H13FN2O3. The fraction of sp³-hybridized carbons (Fsp3) is 0.308. The Labute approximate surface area is 109 Å². The van der Waals surface area contributed by atoms with Crippen molar-refractivity contribution in [3.05, 3.63) is 29.6 Å². The summed E-state index contributed by atoms with van der Waals surface area (Å²) in [6.07, 6.45) is 0. The number of anilines is 1. The first-order valence-corrected chi connectivity index (χ1v) is 5.85. The molecule has 1 aliphatic heterocycles. The van der Waals surface area contributed by atoms with Crippen LogP contribution in [0.1, 0.15) is 17.3 Å². The fourth-order valence-electron chi connectivity index (χ4n) is 1.86. The second kappa shape index (κ2) is 4.79. The van der Waals surface area contributed by atoms with E-state index in [1.807, 2.05) is 0 Å². The van der Waals surface area contributed by atoms with E-state index in [0.717, 1.165) is 17.0 Å². The van der Waals surface area contributed by atoms with Crippen molar-refractivity contribution in [1.82, 2.24) is 4.90 Å². The van der Waals surface area contributed by atoms with E-state index in [1.54, 1.807) is 14.0 Å². The Hall–Kier alpha value is -2.24. The number of nitrogens with zero attached hydrogens (tertiary/aromatic N) is 2. The van der Waals surface area contributed by atoms with Gasteiger partial charge in [-0.1, -0.05) is 0 Å². The lowest BCUT2D eigenvalue weighted by molar-refractivity contribution is -0.129. The molecule has 100 valence electrons. The number of carbonyl (C=O) groups is 3. The zero-order valence-electron chi connectivity index (χ0n) is 10.6. The van der Waals surface area contributed by atoms with Gasteiger partial charge in [0.1, 0.15) is 12.4 Å². The Morgan fingerprint density at radius 2 is 2.05 bits per heavy atom. The lowest BCUT2D eigenvalue weighted by atomic mass is 10.1. The Bertz CT molecular complexity index is 571. The Morgan fingerprint density at radius 1 is 1.37 bits per heavy atom. The SMILES string of the molecule is CCN(C)C(=O)CN1C(=O)C(=O)c2ccc(F)cc21. The number of carbonyl (C=O) groups excluding carboxylic acids is 3. The molecule has 0 unspecified atom stereocenters. The first kappa shape index (κ1) is 13.2. The molecule has 2 amide bonds. The molecule has 0 atom stereocenters. The smallest absolute Gasteiger partial charge is 0.299 e. The maximum absolute atomic E-state index is 13.2. The molecule has 1 aliphatic rings. The Morgan fingerprint density at radius 3 is 2.68 bits per heavy atom. The number of ketones is 1. The zero-order valence-corrected chi connectivity index (χ0v) is 10.6. The molecule has 0 aliphatic carbocycles. The molecule has 0 fully saturated rings. The summed E-state index contributed by atoms with van der Waals surface area (Å²) in [4.78, 5) is 37.8. The van der Waals surface area contributed by atoms with Gasteiger partial charge in [0.15, 0.2) is 0 Å². The van der Waals surface area contributed by atoms with Gasteiger partial charge in [0.05, 0.1) is 11.3 Å². The van der Waals surface area contributed by atoms with Crippen LogP contribution in [0, 0.1) is 5.82 Å². The van der Waals surface area contributed by atoms with Gasteiger partial charge in [-0.2, -0.15) is 0 Å². The molecule has 6 heteroatoms. The van der Waals surface area contributed by atoms with E-state index >= 15 is 0 Å². The van der Waals surface area contributed by atoms with Gasteiger partial charge in [-0.15, -0.1) is 0 Å². The van der Waals surface area contributed by atoms with E-state index in [-0.39, 0.29) is 23.7 Å². The molecule has 0 bridgehead atoms. The lowest BCUT2D eigenvalue weighted by Gasteiger charge is -2.20. The molecule has 1 heterocycles. The minimum Gasteiger partial charge on any atom is -0.344 e. The van der Waals surface area contributed by atoms with Crippen LogP contribution in [0.4, 0.5) is 10.1 Å². The highest BCUT2D eigenvalue weighted by Gasteiger charge is 2.37. The molecule has 0 spiro atoms. The van der Waals surface area contributed by atoms with Crippen molar-refractivity contribution in [2.24, 2.45) is 0 Å². The van der Waals surface area contributed by atoms with Crippen LogP contribution in [0.25, 0.3) is 0 Å². The summed E-state index contributed by atoms with van der Waals surface area (Å²) in [5.74, 6) is -2.36. The zero-order chi connectivity index (χ0) is 14.2. The van der Waals surface area contributed by atoms with Crippen molar-refractivity contribution >= 4 is 23.3 Å². The molecule has 1 aromatic rings. The summed E-state index contributed by atoms with van der Waals surface area (Å²) in [5.41, 5.74) is 0.297. The molecule has 0 aromatic heterocycles. The van der Waals surface area contributed by atoms with E-state index in [2.05, 4.69) is 0 Å². The third-order valence-electron chi connectivity index (χ3n) is 3.13. The van der Waals surface area contributed by atoms with Crippen molar-refractivity contribution in [3.63, 3.8) is 0 Å². The lowest BCUT2D eigenvalue weighted by Crippen LogP contribution is -2.40. The molecule has 2 rings (SSSR count). The average molecular weight is 264 g/mol. The Kier molecular flexibility index (Phi) is 3.33. The fourth-order valence-corrected chi connectivity index (χ4v) is 1.86. The largest absolute Gasteiger partial charge is 0.344 e. The second-order valence-corrected chi connectivity index (χ2v) is 4.29. The van der Waals surface area contributed by atoms with Crippen LogP contribution >= 0.6 is 0 Å². The van der Waals surface area contributed by atoms with Gasteiger partial charge in [0.25, 0.3) is 11.7 Å². The molecule has 0 radical (unpaired) electrons. The van der Waals surface area contributed by atoms with E-state index < -0.39 is 17.5 Å². The predicted octanol–water partition coefficient (Wildman–Crippen LogP) is 0.833. The van der Waals surface area contributed by atoms with Gasteiger partial charge in [0.2, 0.25) is 5.91 Å². The van der Waals surface area contributed by atoms with E-state index in [0.29, 0.717) is 6.54 Å². The number of amides is 2. The van der Waals surface area contributed by atoms with Gasteiger partial charge >= 0.3 is 0 Å². The maximum Gasteiger partial charge on any atom is 0.299 e. The van der Waals surface area contributed by atoms with E-state index in [1.165, 1.54) is 11.0 Å². The predicted molar refractivity (Wildman–Crippen MR) is 66.4 cm³/mol. The van der Waals surface area contributed by atoms with Gasteiger partial charge in [0, 0.05) is 13.6 Å². The van der Waals surface area contributed by atoms with Crippen LogP contribution in [0.5, 0.6) is 0 Å². The average Bonchev–Trinajstić information content (AvgIpc) is 2.62. The Balaban J connectivity index is 2.33. The number of Topliss-reactive ketones (excluding diaryl/α,β-unsaturated/α-hetero) is 1. The summed E-state index contributed by atoms with van der Waals surface area (Å²) >= 11 is 0. The molecule has 19 heavy (non-hydrogen) atoms. The summed E-state index contributed by atoms with van der Waals surface area (Å²) in [5, 5.41) is 0. The second-order valence-electron chi connectivity index (χ2n) is 4.29. The van der Waals surface area contributed by atoms with Crippen LogP contribution in [0.15, 0.2) is 18.2 Å². The minimum absolute atomic E-state index is 0.137. The van der Waals surface area contributed by atoms with Crippen molar-refractivity contribution in [3.8, 4) is 0 Å². The molecule has 5 nitrogen and oxygen atoms in total. The van der Waals surface area contributed by atoms with Crippen molar-refractivity contribution < 1.29 is 18.8 Å². The number of hydrogen-bond acceptors (Lipinski definition) is 3. The third kappa shape index (κ3) is 2.21. The number of fused-ring (bicyclic) bond motifs is 1. The number of benzene rings is 1. The highest BCUT2D eigenvalue weighted by atomic mass is 19.1. The summed E-state index contributed by atoms with van der Waals surface area (Å²) in [7, 11) is 1.59. The van der Waals surface area contributed by atoms with Gasteiger partial charge in [-0.05, 0) is 25.1 Å². The number of hydrogen-bond donors (Lipinski definition) is 0. The summed E-state index contributed by atoms with van der Waals surface area (Å²) in [6, 6.07) is 3.48. The van der Waals surface area contributed by atoms with Gasteiger partial charge < -0.3 is 4.90 Å². The monoisotopic (exact) mass is 264 g/mol. The normalized spacial score (nSPS) is 13.7. The van der Waals surface area contributed by atoms with Crippen molar-refractivity contribution in [1.29, 1.82) is 0 Å². The molecule has 0 saturated carbocycles. The highest BCUT2D eigenvalue weighted by Crippen LogP contribution is 2.29.